The maximum absolute atomic E-state index is 12.2. The number of hydrogen-bond donors (Lipinski definition) is 4. The van der Waals surface area contributed by atoms with Gasteiger partial charge in [-0.2, -0.15) is 5.10 Å². The molecule has 0 saturated carbocycles. The van der Waals surface area contributed by atoms with Crippen LogP contribution in [-0.2, 0) is 4.74 Å². The molecule has 4 rings (SSSR count). The zero-order valence-corrected chi connectivity index (χ0v) is 17.0. The van der Waals surface area contributed by atoms with Crippen LogP contribution in [0.25, 0.3) is 22.0 Å². The number of methoxy groups -OCH3 is 1. The first-order valence-corrected chi connectivity index (χ1v) is 9.77. The number of aromatic nitrogens is 2. The number of hydrogen-bond acceptors (Lipinski definition) is 5. The lowest BCUT2D eigenvalue weighted by atomic mass is 10.0. The van der Waals surface area contributed by atoms with Crippen molar-refractivity contribution in [3.63, 3.8) is 0 Å². The van der Waals surface area contributed by atoms with Gasteiger partial charge in [-0.25, -0.2) is 4.79 Å². The van der Waals surface area contributed by atoms with Crippen LogP contribution in [0.15, 0.2) is 66.7 Å². The summed E-state index contributed by atoms with van der Waals surface area (Å²) in [5.41, 5.74) is 10.1. The van der Waals surface area contributed by atoms with Gasteiger partial charge >= 0.3 is 6.03 Å². The Morgan fingerprint density at radius 1 is 0.968 bits per heavy atom. The lowest BCUT2D eigenvalue weighted by Crippen LogP contribution is -2.19. The summed E-state index contributed by atoms with van der Waals surface area (Å²) in [6.45, 7) is 0.911. The number of fused-ring (bicyclic) bond motifs is 1. The number of nitrogens with two attached hydrogens (primary N) is 1. The van der Waals surface area contributed by atoms with E-state index < -0.39 is 0 Å². The number of urea groups is 1. The van der Waals surface area contributed by atoms with Crippen molar-refractivity contribution >= 4 is 34.1 Å². The molecule has 0 atom stereocenters. The zero-order valence-electron chi connectivity index (χ0n) is 17.0. The lowest BCUT2D eigenvalue weighted by molar-refractivity contribution is 0.147. The van der Waals surface area contributed by atoms with E-state index in [9.17, 15) is 4.79 Å². The van der Waals surface area contributed by atoms with E-state index in [0.29, 0.717) is 30.5 Å². The smallest absolute Gasteiger partial charge is 0.323 e. The Balaban J connectivity index is 1.53. The molecule has 8 nitrogen and oxygen atoms in total. The molecule has 0 radical (unpaired) electrons. The third-order valence-electron chi connectivity index (χ3n) is 4.74. The van der Waals surface area contributed by atoms with Gasteiger partial charge in [-0.1, -0.05) is 30.3 Å². The minimum atomic E-state index is -0.307. The molecule has 1 heterocycles. The molecule has 158 valence electrons. The van der Waals surface area contributed by atoms with Crippen LogP contribution in [0.1, 0.15) is 0 Å². The van der Waals surface area contributed by atoms with E-state index in [1.807, 2.05) is 66.7 Å². The van der Waals surface area contributed by atoms with Gasteiger partial charge in [0.1, 0.15) is 17.9 Å². The number of ether oxygens (including phenoxy) is 2. The summed E-state index contributed by atoms with van der Waals surface area (Å²) in [4.78, 5) is 12.2. The maximum atomic E-state index is 12.2. The van der Waals surface area contributed by atoms with Gasteiger partial charge in [-0.3, -0.25) is 5.10 Å². The fraction of sp³-hybridized carbons (Fsp3) is 0.130. The van der Waals surface area contributed by atoms with Crippen molar-refractivity contribution < 1.29 is 14.3 Å². The van der Waals surface area contributed by atoms with E-state index >= 15 is 0 Å². The largest absolute Gasteiger partial charge is 0.489 e. The number of nitrogens with one attached hydrogen (secondary N) is 3. The standard InChI is InChI=1S/C23H23N5O3/c1-30-13-14-31-19-12-11-18(20-21(19)27-28-22(20)24)15-7-9-17(10-8-15)26-23(29)25-16-5-3-2-4-6-16/h2-12H,13-14H2,1H3,(H3,24,27,28)(H2,25,26,29). The van der Waals surface area contributed by atoms with Crippen LogP contribution in [0.4, 0.5) is 22.0 Å². The minimum Gasteiger partial charge on any atom is -0.489 e. The second kappa shape index (κ2) is 9.19. The Morgan fingerprint density at radius 3 is 2.39 bits per heavy atom. The lowest BCUT2D eigenvalue weighted by Gasteiger charge is -2.11. The monoisotopic (exact) mass is 417 g/mol. The molecule has 31 heavy (non-hydrogen) atoms. The number of H-pyrrole nitrogens is 1. The molecular formula is C23H23N5O3. The van der Waals surface area contributed by atoms with Crippen molar-refractivity contribution in [3.05, 3.63) is 66.7 Å². The van der Waals surface area contributed by atoms with Crippen LogP contribution in [0.2, 0.25) is 0 Å². The number of aromatic amines is 1. The van der Waals surface area contributed by atoms with Gasteiger partial charge in [0, 0.05) is 18.5 Å². The zero-order chi connectivity index (χ0) is 21.6. The van der Waals surface area contributed by atoms with Crippen LogP contribution in [-0.4, -0.2) is 36.6 Å². The molecule has 0 saturated heterocycles. The second-order valence-electron chi connectivity index (χ2n) is 6.83. The summed E-state index contributed by atoms with van der Waals surface area (Å²) in [7, 11) is 1.63. The molecular weight excluding hydrogens is 394 g/mol. The SMILES string of the molecule is COCCOc1ccc(-c2ccc(NC(=O)Nc3ccccc3)cc2)c2c(N)n[nH]c12. The Hall–Kier alpha value is -4.04. The number of carbonyl (C=O) groups is 1. The number of para-hydroxylation sites is 1. The van der Waals surface area contributed by atoms with E-state index in [4.69, 9.17) is 15.2 Å². The summed E-state index contributed by atoms with van der Waals surface area (Å²) < 4.78 is 10.8. The molecule has 3 aromatic carbocycles. The quantitative estimate of drug-likeness (QED) is 0.331. The number of benzene rings is 3. The fourth-order valence-corrected chi connectivity index (χ4v) is 3.28. The predicted octanol–water partition coefficient (Wildman–Crippen LogP) is 4.48. The van der Waals surface area contributed by atoms with Gasteiger partial charge < -0.3 is 25.8 Å². The average Bonchev–Trinajstić information content (AvgIpc) is 3.17. The highest BCUT2D eigenvalue weighted by molar-refractivity contribution is 6.04. The molecule has 0 aliphatic rings. The Labute approximate surface area is 179 Å². The van der Waals surface area contributed by atoms with Crippen LogP contribution in [0, 0.1) is 0 Å². The predicted molar refractivity (Wildman–Crippen MR) is 122 cm³/mol. The molecule has 1 aromatic heterocycles. The summed E-state index contributed by atoms with van der Waals surface area (Å²) in [6.07, 6.45) is 0. The number of amides is 2. The van der Waals surface area contributed by atoms with E-state index in [-0.39, 0.29) is 6.03 Å². The van der Waals surface area contributed by atoms with Gasteiger partial charge in [0.05, 0.1) is 12.0 Å². The summed E-state index contributed by atoms with van der Waals surface area (Å²) in [5, 5.41) is 13.5. The first-order chi connectivity index (χ1) is 15.2. The number of nitrogen functional groups attached to an aromatic ring is 1. The Kier molecular flexibility index (Phi) is 6.00. The first-order valence-electron chi connectivity index (χ1n) is 9.77. The van der Waals surface area contributed by atoms with Gasteiger partial charge in [0.15, 0.2) is 5.82 Å². The van der Waals surface area contributed by atoms with E-state index in [1.54, 1.807) is 7.11 Å². The normalized spacial score (nSPS) is 10.7. The van der Waals surface area contributed by atoms with E-state index in [1.165, 1.54) is 0 Å². The Morgan fingerprint density at radius 2 is 1.68 bits per heavy atom. The number of carbonyl (C=O) groups excluding carboxylic acids is 1. The van der Waals surface area contributed by atoms with E-state index in [0.717, 1.165) is 27.7 Å². The minimum absolute atomic E-state index is 0.307. The maximum Gasteiger partial charge on any atom is 0.323 e. The third kappa shape index (κ3) is 4.59. The highest BCUT2D eigenvalue weighted by Gasteiger charge is 2.15. The molecule has 0 spiro atoms. The summed E-state index contributed by atoms with van der Waals surface area (Å²) >= 11 is 0. The van der Waals surface area contributed by atoms with Crippen molar-refractivity contribution in [1.82, 2.24) is 10.2 Å². The Bertz CT molecular complexity index is 1170. The van der Waals surface area contributed by atoms with Crippen LogP contribution in [0.5, 0.6) is 5.75 Å². The molecule has 0 aliphatic heterocycles. The molecule has 0 bridgehead atoms. The van der Waals surface area contributed by atoms with Crippen molar-refractivity contribution in [3.8, 4) is 16.9 Å². The summed E-state index contributed by atoms with van der Waals surface area (Å²) in [5.74, 6) is 1.06. The van der Waals surface area contributed by atoms with Crippen LogP contribution < -0.4 is 21.1 Å². The van der Waals surface area contributed by atoms with Gasteiger partial charge in [0.2, 0.25) is 0 Å². The van der Waals surface area contributed by atoms with Gasteiger partial charge in [0.25, 0.3) is 0 Å². The first kappa shape index (κ1) is 20.2. The molecule has 4 aromatic rings. The van der Waals surface area contributed by atoms with Crippen molar-refractivity contribution in [1.29, 1.82) is 0 Å². The van der Waals surface area contributed by atoms with Crippen LogP contribution >= 0.6 is 0 Å². The van der Waals surface area contributed by atoms with Crippen LogP contribution in [0.3, 0.4) is 0 Å². The van der Waals surface area contributed by atoms with Gasteiger partial charge in [-0.05, 0) is 47.5 Å². The molecule has 8 heteroatoms. The van der Waals surface area contributed by atoms with E-state index in [2.05, 4.69) is 20.8 Å². The molecule has 0 fully saturated rings. The van der Waals surface area contributed by atoms with Gasteiger partial charge in [-0.15, -0.1) is 0 Å². The summed E-state index contributed by atoms with van der Waals surface area (Å²) in [6, 6.07) is 20.3. The number of rotatable bonds is 7. The molecule has 0 unspecified atom stereocenters. The average molecular weight is 417 g/mol. The van der Waals surface area contributed by atoms with Crippen molar-refractivity contribution in [2.75, 3.05) is 36.7 Å². The molecule has 5 N–H and O–H groups in total. The highest BCUT2D eigenvalue weighted by Crippen LogP contribution is 2.36. The fourth-order valence-electron chi connectivity index (χ4n) is 3.28. The third-order valence-corrected chi connectivity index (χ3v) is 4.74. The number of anilines is 3. The van der Waals surface area contributed by atoms with Crippen molar-refractivity contribution in [2.24, 2.45) is 0 Å². The number of nitrogens with zero attached hydrogens (tertiary/aromatic N) is 1. The molecule has 2 amide bonds. The second-order valence-corrected chi connectivity index (χ2v) is 6.83. The molecule has 0 aliphatic carbocycles. The topological polar surface area (TPSA) is 114 Å². The van der Waals surface area contributed by atoms with Crippen molar-refractivity contribution in [2.45, 2.75) is 0 Å². The highest BCUT2D eigenvalue weighted by atomic mass is 16.5.